The van der Waals surface area contributed by atoms with Crippen molar-refractivity contribution in [2.45, 2.75) is 39.2 Å². The number of aliphatic carboxylic acids is 1. The second-order valence-electron chi connectivity index (χ2n) is 4.74. The van der Waals surface area contributed by atoms with Gasteiger partial charge in [-0.05, 0) is 32.6 Å². The second-order valence-corrected chi connectivity index (χ2v) is 4.74. The Morgan fingerprint density at radius 3 is 2.37 bits per heavy atom. The van der Waals surface area contributed by atoms with Crippen LogP contribution in [0.4, 0.5) is 0 Å². The fraction of sp³-hybridized carbons (Fsp3) is 0.500. The summed E-state index contributed by atoms with van der Waals surface area (Å²) in [7, 11) is 0. The number of carbonyl (C=O) groups excluding carboxylic acids is 1. The minimum absolute atomic E-state index is 0.333. The van der Waals surface area contributed by atoms with Crippen LogP contribution in [0.2, 0.25) is 0 Å². The van der Waals surface area contributed by atoms with Gasteiger partial charge in [0.2, 0.25) is 0 Å². The Morgan fingerprint density at radius 2 is 2.00 bits per heavy atom. The summed E-state index contributed by atoms with van der Waals surface area (Å²) in [5.41, 5.74) is -1.66. The molecular formula is C14H15NO4. The molecule has 1 aliphatic rings. The fourth-order valence-electron chi connectivity index (χ4n) is 1.79. The quantitative estimate of drug-likeness (QED) is 0.474. The van der Waals surface area contributed by atoms with Gasteiger partial charge in [0.1, 0.15) is 5.41 Å². The van der Waals surface area contributed by atoms with E-state index in [1.807, 2.05) is 0 Å². The van der Waals surface area contributed by atoms with E-state index in [9.17, 15) is 14.9 Å². The van der Waals surface area contributed by atoms with Gasteiger partial charge in [0.15, 0.2) is 5.60 Å². The van der Waals surface area contributed by atoms with Gasteiger partial charge in [-0.1, -0.05) is 5.92 Å². The third-order valence-corrected chi connectivity index (χ3v) is 3.06. The topological polar surface area (TPSA) is 87.4 Å². The van der Waals surface area contributed by atoms with E-state index < -0.39 is 23.0 Å². The molecule has 0 saturated heterocycles. The summed E-state index contributed by atoms with van der Waals surface area (Å²) in [6.07, 6.45) is 2.19. The zero-order valence-corrected chi connectivity index (χ0v) is 11.1. The van der Waals surface area contributed by atoms with Crippen LogP contribution < -0.4 is 0 Å². The third-order valence-electron chi connectivity index (χ3n) is 3.06. The van der Waals surface area contributed by atoms with Crippen molar-refractivity contribution in [2.75, 3.05) is 0 Å². The minimum Gasteiger partial charge on any atom is -0.478 e. The molecule has 5 heteroatoms. The number of carboxylic acid groups (broad SMARTS) is 1. The number of carbonyl (C=O) groups is 2. The molecule has 0 aromatic heterocycles. The van der Waals surface area contributed by atoms with Crippen molar-refractivity contribution in [3.63, 3.8) is 0 Å². The first-order valence-electron chi connectivity index (χ1n) is 5.80. The monoisotopic (exact) mass is 261 g/mol. The Morgan fingerprint density at radius 1 is 1.42 bits per heavy atom. The van der Waals surface area contributed by atoms with Gasteiger partial charge in [0, 0.05) is 18.6 Å². The normalized spacial score (nSPS) is 19.2. The van der Waals surface area contributed by atoms with Gasteiger partial charge in [-0.15, -0.1) is 0 Å². The number of ether oxygens (including phenoxy) is 1. The standard InChI is InChI=1S/C14H15NO4/c1-10(8-12(17)18)4-5-13(3,19-11(2)16)14(9-15)6-7-14/h8H,6-7H2,1-3H3,(H,17,18)/b10-8-/t13-/m0/s1. The molecule has 0 heterocycles. The van der Waals surface area contributed by atoms with Crippen molar-refractivity contribution in [2.24, 2.45) is 5.41 Å². The molecule has 0 spiro atoms. The number of nitrogens with zero attached hydrogens (tertiary/aromatic N) is 1. The Balaban J connectivity index is 3.08. The van der Waals surface area contributed by atoms with E-state index >= 15 is 0 Å². The molecule has 0 aromatic rings. The van der Waals surface area contributed by atoms with Crippen LogP contribution in [0.3, 0.4) is 0 Å². The summed E-state index contributed by atoms with van der Waals surface area (Å²) >= 11 is 0. The molecule has 5 nitrogen and oxygen atoms in total. The SMILES string of the molecule is CC(=O)O[C@@](C)(C#C/C(C)=C\C(=O)O)C1(C#N)CC1. The van der Waals surface area contributed by atoms with Crippen LogP contribution >= 0.6 is 0 Å². The molecular weight excluding hydrogens is 246 g/mol. The lowest BCUT2D eigenvalue weighted by Gasteiger charge is -2.28. The molecule has 1 saturated carbocycles. The first-order chi connectivity index (χ1) is 8.74. The summed E-state index contributed by atoms with van der Waals surface area (Å²) in [4.78, 5) is 21.7. The number of rotatable bonds is 3. The summed E-state index contributed by atoms with van der Waals surface area (Å²) in [6.45, 7) is 4.39. The molecule has 100 valence electrons. The lowest BCUT2D eigenvalue weighted by atomic mass is 9.87. The van der Waals surface area contributed by atoms with Gasteiger partial charge in [-0.3, -0.25) is 4.79 Å². The molecule has 1 aliphatic carbocycles. The predicted octanol–water partition coefficient (Wildman–Crippen LogP) is 1.65. The minimum atomic E-state index is -1.21. The Kier molecular flexibility index (Phi) is 4.01. The highest BCUT2D eigenvalue weighted by Crippen LogP contribution is 2.55. The maximum Gasteiger partial charge on any atom is 0.329 e. The highest BCUT2D eigenvalue weighted by Gasteiger charge is 2.60. The molecule has 1 fully saturated rings. The van der Waals surface area contributed by atoms with Gasteiger partial charge in [-0.25, -0.2) is 4.79 Å². The van der Waals surface area contributed by atoms with E-state index in [4.69, 9.17) is 9.84 Å². The number of esters is 1. The summed E-state index contributed by atoms with van der Waals surface area (Å²) in [6, 6.07) is 2.15. The first kappa shape index (κ1) is 14.8. The molecule has 0 aromatic carbocycles. The van der Waals surface area contributed by atoms with E-state index in [1.54, 1.807) is 13.8 Å². The van der Waals surface area contributed by atoms with Crippen LogP contribution in [0.15, 0.2) is 11.6 Å². The Bertz CT molecular complexity index is 540. The van der Waals surface area contributed by atoms with Crippen molar-refractivity contribution < 1.29 is 19.4 Å². The van der Waals surface area contributed by atoms with Crippen LogP contribution in [-0.4, -0.2) is 22.6 Å². The molecule has 1 rings (SSSR count). The average Bonchev–Trinajstić information content (AvgIpc) is 3.05. The number of nitriles is 1. The first-order valence-corrected chi connectivity index (χ1v) is 5.80. The van der Waals surface area contributed by atoms with Crippen LogP contribution in [0.25, 0.3) is 0 Å². The lowest BCUT2D eigenvalue weighted by Crippen LogP contribution is -2.39. The Labute approximate surface area is 111 Å². The van der Waals surface area contributed by atoms with Crippen LogP contribution in [-0.2, 0) is 14.3 Å². The summed E-state index contributed by atoms with van der Waals surface area (Å²) < 4.78 is 5.20. The molecule has 0 aliphatic heterocycles. The molecule has 1 atom stereocenters. The van der Waals surface area contributed by atoms with Crippen molar-refractivity contribution in [1.29, 1.82) is 5.26 Å². The molecule has 0 bridgehead atoms. The van der Waals surface area contributed by atoms with Crippen LogP contribution in [0.1, 0.15) is 33.6 Å². The Hall–Kier alpha value is -2.27. The van der Waals surface area contributed by atoms with E-state index in [-0.39, 0.29) is 0 Å². The van der Waals surface area contributed by atoms with E-state index in [2.05, 4.69) is 17.9 Å². The molecule has 1 N–H and O–H groups in total. The van der Waals surface area contributed by atoms with Gasteiger partial charge >= 0.3 is 11.9 Å². The molecule has 0 unspecified atom stereocenters. The number of carboxylic acids is 1. The molecule has 0 radical (unpaired) electrons. The summed E-state index contributed by atoms with van der Waals surface area (Å²) in [5, 5.41) is 17.8. The number of hydrogen-bond acceptors (Lipinski definition) is 4. The zero-order valence-electron chi connectivity index (χ0n) is 11.1. The van der Waals surface area contributed by atoms with Crippen LogP contribution in [0.5, 0.6) is 0 Å². The average molecular weight is 261 g/mol. The van der Waals surface area contributed by atoms with Gasteiger partial charge in [-0.2, -0.15) is 5.26 Å². The maximum absolute atomic E-state index is 11.2. The van der Waals surface area contributed by atoms with Gasteiger partial charge in [0.25, 0.3) is 0 Å². The van der Waals surface area contributed by atoms with Gasteiger partial charge in [0.05, 0.1) is 6.07 Å². The fourth-order valence-corrected chi connectivity index (χ4v) is 1.79. The van der Waals surface area contributed by atoms with Crippen molar-refractivity contribution in [3.05, 3.63) is 11.6 Å². The highest BCUT2D eigenvalue weighted by atomic mass is 16.6. The number of hydrogen-bond donors (Lipinski definition) is 1. The number of allylic oxidation sites excluding steroid dienone is 1. The predicted molar refractivity (Wildman–Crippen MR) is 66.6 cm³/mol. The highest BCUT2D eigenvalue weighted by molar-refractivity contribution is 5.81. The zero-order chi connectivity index (χ0) is 14.7. The van der Waals surface area contributed by atoms with Gasteiger partial charge < -0.3 is 9.84 Å². The second kappa shape index (κ2) is 5.16. The summed E-state index contributed by atoms with van der Waals surface area (Å²) in [5.74, 6) is 3.77. The third kappa shape index (κ3) is 3.35. The van der Waals surface area contributed by atoms with Crippen molar-refractivity contribution in [1.82, 2.24) is 0 Å². The van der Waals surface area contributed by atoms with E-state index in [1.165, 1.54) is 6.92 Å². The van der Waals surface area contributed by atoms with Crippen LogP contribution in [0, 0.1) is 28.6 Å². The van der Waals surface area contributed by atoms with E-state index in [0.717, 1.165) is 6.08 Å². The molecule has 19 heavy (non-hydrogen) atoms. The lowest BCUT2D eigenvalue weighted by molar-refractivity contribution is -0.153. The largest absolute Gasteiger partial charge is 0.478 e. The van der Waals surface area contributed by atoms with Crippen molar-refractivity contribution >= 4 is 11.9 Å². The van der Waals surface area contributed by atoms with Crippen molar-refractivity contribution in [3.8, 4) is 17.9 Å². The maximum atomic E-state index is 11.2. The molecule has 0 amide bonds. The smallest absolute Gasteiger partial charge is 0.329 e. The van der Waals surface area contributed by atoms with E-state index in [0.29, 0.717) is 18.4 Å².